The summed E-state index contributed by atoms with van der Waals surface area (Å²) in [5.41, 5.74) is 3.00. The number of halogens is 3. The zero-order valence-corrected chi connectivity index (χ0v) is 18.4. The highest BCUT2D eigenvalue weighted by molar-refractivity contribution is 9.10. The molecule has 0 unspecified atom stereocenters. The van der Waals surface area contributed by atoms with Crippen LogP contribution in [-0.4, -0.2) is 6.61 Å². The second kappa shape index (κ2) is 10.1. The fraction of sp³-hybridized carbons (Fsp3) is 0.182. The number of benzene rings is 3. The average molecular weight is 481 g/mol. The van der Waals surface area contributed by atoms with Crippen molar-refractivity contribution in [2.45, 2.75) is 20.1 Å². The molecule has 6 heteroatoms. The number of ether oxygens (including phenoxy) is 2. The van der Waals surface area contributed by atoms with E-state index in [2.05, 4.69) is 21.2 Å². The van der Waals surface area contributed by atoms with Crippen LogP contribution >= 0.6 is 39.1 Å². The molecule has 0 spiro atoms. The van der Waals surface area contributed by atoms with Gasteiger partial charge in [-0.25, -0.2) is 0 Å². The summed E-state index contributed by atoms with van der Waals surface area (Å²) in [6.45, 7) is 3.61. The molecule has 0 heterocycles. The first-order valence-electron chi connectivity index (χ1n) is 8.87. The summed E-state index contributed by atoms with van der Waals surface area (Å²) < 4.78 is 12.3. The van der Waals surface area contributed by atoms with Gasteiger partial charge in [-0.05, 0) is 66.6 Å². The Morgan fingerprint density at radius 3 is 2.11 bits per heavy atom. The molecule has 0 radical (unpaired) electrons. The van der Waals surface area contributed by atoms with E-state index in [0.717, 1.165) is 27.0 Å². The molecule has 1 N–H and O–H groups in total. The van der Waals surface area contributed by atoms with E-state index in [0.29, 0.717) is 35.6 Å². The molecule has 28 heavy (non-hydrogen) atoms. The molecule has 0 aliphatic heterocycles. The lowest BCUT2D eigenvalue weighted by Gasteiger charge is -2.13. The van der Waals surface area contributed by atoms with E-state index in [1.165, 1.54) is 0 Å². The van der Waals surface area contributed by atoms with E-state index in [4.69, 9.17) is 32.7 Å². The normalized spacial score (nSPS) is 10.6. The van der Waals surface area contributed by atoms with Crippen molar-refractivity contribution in [2.24, 2.45) is 0 Å². The van der Waals surface area contributed by atoms with Crippen molar-refractivity contribution >= 4 is 44.8 Å². The van der Waals surface area contributed by atoms with Gasteiger partial charge in [0.2, 0.25) is 0 Å². The highest BCUT2D eigenvalue weighted by Crippen LogP contribution is 2.35. The van der Waals surface area contributed by atoms with E-state index >= 15 is 0 Å². The molecule has 146 valence electrons. The Bertz CT molecular complexity index is 892. The molecule has 0 saturated carbocycles. The summed E-state index contributed by atoms with van der Waals surface area (Å²) in [5.74, 6) is 1.35. The van der Waals surface area contributed by atoms with Gasteiger partial charge in [-0.15, -0.1) is 0 Å². The molecule has 0 amide bonds. The van der Waals surface area contributed by atoms with Crippen LogP contribution in [0.5, 0.6) is 11.5 Å². The molecule has 3 aromatic rings. The lowest BCUT2D eigenvalue weighted by atomic mass is 10.2. The maximum absolute atomic E-state index is 6.40. The van der Waals surface area contributed by atoms with Gasteiger partial charge in [0.15, 0.2) is 5.75 Å². The Morgan fingerprint density at radius 1 is 0.857 bits per heavy atom. The highest BCUT2D eigenvalue weighted by Gasteiger charge is 2.10. The molecule has 0 fully saturated rings. The molecule has 3 rings (SSSR count). The minimum atomic E-state index is 0.399. The maximum Gasteiger partial charge on any atom is 0.156 e. The second-order valence-corrected chi connectivity index (χ2v) is 7.84. The van der Waals surface area contributed by atoms with E-state index in [1.54, 1.807) is 0 Å². The lowest BCUT2D eigenvalue weighted by Crippen LogP contribution is -2.01. The van der Waals surface area contributed by atoms with Crippen molar-refractivity contribution in [1.82, 2.24) is 0 Å². The average Bonchev–Trinajstić information content (AvgIpc) is 2.68. The van der Waals surface area contributed by atoms with Crippen LogP contribution in [0.3, 0.4) is 0 Å². The summed E-state index contributed by atoms with van der Waals surface area (Å²) >= 11 is 16.2. The van der Waals surface area contributed by atoms with Gasteiger partial charge in [-0.1, -0.05) is 51.3 Å². The Hall–Kier alpha value is -1.88. The standard InChI is InChI=1S/C22H20BrCl2NO2/c1-2-27-19-9-7-18(8-10-19)26-13-16-11-20(24)22(21(25)12-16)28-14-15-3-5-17(23)6-4-15/h3-12,26H,2,13-14H2,1H3. The SMILES string of the molecule is CCOc1ccc(NCc2cc(Cl)c(OCc3ccc(Br)cc3)c(Cl)c2)cc1. The molecule has 3 aromatic carbocycles. The van der Waals surface area contributed by atoms with Gasteiger partial charge in [0.1, 0.15) is 12.4 Å². The van der Waals surface area contributed by atoms with Gasteiger partial charge < -0.3 is 14.8 Å². The van der Waals surface area contributed by atoms with Crippen molar-refractivity contribution in [1.29, 1.82) is 0 Å². The molecule has 0 atom stereocenters. The summed E-state index contributed by atoms with van der Waals surface area (Å²) in [6.07, 6.45) is 0. The number of nitrogens with one attached hydrogen (secondary N) is 1. The maximum atomic E-state index is 6.40. The van der Waals surface area contributed by atoms with Gasteiger partial charge in [0, 0.05) is 16.7 Å². The molecule has 0 bridgehead atoms. The number of hydrogen-bond acceptors (Lipinski definition) is 3. The van der Waals surface area contributed by atoms with Crippen LogP contribution in [-0.2, 0) is 13.2 Å². The first-order valence-corrected chi connectivity index (χ1v) is 10.4. The third-order valence-corrected chi connectivity index (χ3v) is 5.11. The number of anilines is 1. The van der Waals surface area contributed by atoms with Crippen LogP contribution in [0.15, 0.2) is 65.1 Å². The molecular weight excluding hydrogens is 461 g/mol. The molecular formula is C22H20BrCl2NO2. The minimum Gasteiger partial charge on any atom is -0.494 e. The van der Waals surface area contributed by atoms with Crippen molar-refractivity contribution in [3.8, 4) is 11.5 Å². The van der Waals surface area contributed by atoms with Crippen LogP contribution in [0.1, 0.15) is 18.1 Å². The van der Waals surface area contributed by atoms with Crippen LogP contribution in [0, 0.1) is 0 Å². The topological polar surface area (TPSA) is 30.5 Å². The fourth-order valence-electron chi connectivity index (χ4n) is 2.63. The van der Waals surface area contributed by atoms with Crippen molar-refractivity contribution in [3.05, 3.63) is 86.3 Å². The highest BCUT2D eigenvalue weighted by atomic mass is 79.9. The fourth-order valence-corrected chi connectivity index (χ4v) is 3.53. The summed E-state index contributed by atoms with van der Waals surface area (Å²) in [7, 11) is 0. The predicted octanol–water partition coefficient (Wildman–Crippen LogP) is 7.35. The summed E-state index contributed by atoms with van der Waals surface area (Å²) in [4.78, 5) is 0. The Morgan fingerprint density at radius 2 is 1.50 bits per heavy atom. The summed E-state index contributed by atoms with van der Waals surface area (Å²) in [5, 5.41) is 4.34. The Kier molecular flexibility index (Phi) is 7.49. The van der Waals surface area contributed by atoms with Crippen LogP contribution in [0.2, 0.25) is 10.0 Å². The molecule has 3 nitrogen and oxygen atoms in total. The number of rotatable bonds is 8. The van der Waals surface area contributed by atoms with Gasteiger partial charge in [-0.2, -0.15) is 0 Å². The quantitative estimate of drug-likeness (QED) is 0.365. The Balaban J connectivity index is 1.61. The first-order chi connectivity index (χ1) is 13.5. The molecule has 0 aromatic heterocycles. The van der Waals surface area contributed by atoms with Gasteiger partial charge >= 0.3 is 0 Å². The largest absolute Gasteiger partial charge is 0.494 e. The van der Waals surface area contributed by atoms with Crippen LogP contribution < -0.4 is 14.8 Å². The van der Waals surface area contributed by atoms with Gasteiger partial charge in [0.05, 0.1) is 16.7 Å². The minimum absolute atomic E-state index is 0.399. The molecule has 0 aliphatic rings. The third kappa shape index (κ3) is 5.81. The van der Waals surface area contributed by atoms with Crippen molar-refractivity contribution in [2.75, 3.05) is 11.9 Å². The Labute approximate surface area is 183 Å². The van der Waals surface area contributed by atoms with Crippen LogP contribution in [0.25, 0.3) is 0 Å². The third-order valence-electron chi connectivity index (χ3n) is 4.02. The van der Waals surface area contributed by atoms with Gasteiger partial charge in [-0.3, -0.25) is 0 Å². The second-order valence-electron chi connectivity index (χ2n) is 6.11. The smallest absolute Gasteiger partial charge is 0.156 e. The number of hydrogen-bond donors (Lipinski definition) is 1. The van der Waals surface area contributed by atoms with E-state index in [-0.39, 0.29) is 0 Å². The van der Waals surface area contributed by atoms with Crippen molar-refractivity contribution in [3.63, 3.8) is 0 Å². The van der Waals surface area contributed by atoms with E-state index < -0.39 is 0 Å². The predicted molar refractivity (Wildman–Crippen MR) is 120 cm³/mol. The summed E-state index contributed by atoms with van der Waals surface area (Å²) in [6, 6.07) is 19.5. The molecule has 0 aliphatic carbocycles. The van der Waals surface area contributed by atoms with Crippen LogP contribution in [0.4, 0.5) is 5.69 Å². The monoisotopic (exact) mass is 479 g/mol. The first kappa shape index (κ1) is 20.8. The van der Waals surface area contributed by atoms with E-state index in [9.17, 15) is 0 Å². The van der Waals surface area contributed by atoms with E-state index in [1.807, 2.05) is 67.6 Å². The van der Waals surface area contributed by atoms with Gasteiger partial charge in [0.25, 0.3) is 0 Å². The lowest BCUT2D eigenvalue weighted by molar-refractivity contribution is 0.306. The van der Waals surface area contributed by atoms with Crippen molar-refractivity contribution < 1.29 is 9.47 Å². The molecule has 0 saturated heterocycles. The zero-order chi connectivity index (χ0) is 19.9. The zero-order valence-electron chi connectivity index (χ0n) is 15.3.